The first kappa shape index (κ1) is 16.8. The van der Waals surface area contributed by atoms with Crippen LogP contribution in [0.3, 0.4) is 0 Å². The van der Waals surface area contributed by atoms with Crippen molar-refractivity contribution in [2.45, 2.75) is 25.5 Å². The first-order valence-electron chi connectivity index (χ1n) is 7.43. The van der Waals surface area contributed by atoms with Crippen molar-refractivity contribution in [3.63, 3.8) is 0 Å². The van der Waals surface area contributed by atoms with Crippen LogP contribution in [0.1, 0.15) is 18.4 Å². The Morgan fingerprint density at radius 3 is 2.43 bits per heavy atom. The first-order valence-corrected chi connectivity index (χ1v) is 7.43. The van der Waals surface area contributed by atoms with Crippen molar-refractivity contribution < 1.29 is 24.2 Å². The van der Waals surface area contributed by atoms with Gasteiger partial charge in [0.2, 0.25) is 5.91 Å². The summed E-state index contributed by atoms with van der Waals surface area (Å²) < 4.78 is 5.16. The van der Waals surface area contributed by atoms with Crippen molar-refractivity contribution in [1.82, 2.24) is 9.80 Å². The molecule has 7 heteroatoms. The zero-order valence-corrected chi connectivity index (χ0v) is 13.0. The van der Waals surface area contributed by atoms with Gasteiger partial charge in [-0.15, -0.1) is 0 Å². The Kier molecular flexibility index (Phi) is 5.56. The Morgan fingerprint density at radius 2 is 1.91 bits per heavy atom. The molecule has 2 amide bonds. The minimum absolute atomic E-state index is 0.0711. The molecule has 0 aliphatic carbocycles. The minimum Gasteiger partial charge on any atom is -0.481 e. The van der Waals surface area contributed by atoms with Gasteiger partial charge in [-0.3, -0.25) is 14.5 Å². The van der Waals surface area contributed by atoms with E-state index in [0.29, 0.717) is 13.1 Å². The van der Waals surface area contributed by atoms with Crippen LogP contribution in [0.4, 0.5) is 4.79 Å². The number of aliphatic carboxylic acids is 1. The highest BCUT2D eigenvalue weighted by Crippen LogP contribution is 2.15. The lowest BCUT2D eigenvalue weighted by atomic mass is 10.1. The second kappa shape index (κ2) is 7.62. The maximum atomic E-state index is 12.3. The molecular weight excluding hydrogens is 300 g/mol. The van der Waals surface area contributed by atoms with Crippen LogP contribution < -0.4 is 0 Å². The molecule has 0 radical (unpaired) electrons. The van der Waals surface area contributed by atoms with E-state index < -0.39 is 24.5 Å². The number of carbonyl (C=O) groups excluding carboxylic acids is 2. The van der Waals surface area contributed by atoms with Gasteiger partial charge in [0.1, 0.15) is 12.6 Å². The Labute approximate surface area is 134 Å². The van der Waals surface area contributed by atoms with E-state index in [1.807, 2.05) is 30.3 Å². The third kappa shape index (κ3) is 4.45. The molecule has 1 aromatic carbocycles. The lowest BCUT2D eigenvalue weighted by Crippen LogP contribution is -2.54. The molecule has 1 heterocycles. The van der Waals surface area contributed by atoms with Crippen molar-refractivity contribution in [3.8, 4) is 0 Å². The summed E-state index contributed by atoms with van der Waals surface area (Å²) in [6.07, 6.45) is -0.256. The molecule has 1 aliphatic heterocycles. The number of rotatable bonds is 6. The molecule has 1 aliphatic rings. The number of hydrogen-bond acceptors (Lipinski definition) is 4. The SMILES string of the molecule is CN(C(=O)OCc1ccccc1)C(CC(=O)O)C(=O)N1CCC1. The lowest BCUT2D eigenvalue weighted by Gasteiger charge is -2.36. The summed E-state index contributed by atoms with van der Waals surface area (Å²) >= 11 is 0. The molecule has 0 spiro atoms. The Hall–Kier alpha value is -2.57. The maximum absolute atomic E-state index is 12.3. The molecule has 124 valence electrons. The van der Waals surface area contributed by atoms with Gasteiger partial charge in [-0.1, -0.05) is 30.3 Å². The second-order valence-electron chi connectivity index (χ2n) is 5.44. The number of carboxylic acids is 1. The highest BCUT2D eigenvalue weighted by atomic mass is 16.6. The predicted octanol–water partition coefficient (Wildman–Crippen LogP) is 1.33. The van der Waals surface area contributed by atoms with E-state index >= 15 is 0 Å². The molecule has 1 N–H and O–H groups in total. The Bertz CT molecular complexity index is 571. The highest BCUT2D eigenvalue weighted by molar-refractivity contribution is 5.89. The summed E-state index contributed by atoms with van der Waals surface area (Å²) in [5, 5.41) is 8.99. The van der Waals surface area contributed by atoms with Gasteiger partial charge in [-0.25, -0.2) is 4.79 Å². The molecule has 1 atom stereocenters. The van der Waals surface area contributed by atoms with Crippen LogP contribution in [0, 0.1) is 0 Å². The van der Waals surface area contributed by atoms with E-state index in [1.54, 1.807) is 4.90 Å². The van der Waals surface area contributed by atoms with Gasteiger partial charge < -0.3 is 14.7 Å². The lowest BCUT2D eigenvalue weighted by molar-refractivity contribution is -0.146. The highest BCUT2D eigenvalue weighted by Gasteiger charge is 2.35. The normalized spacial score (nSPS) is 14.6. The van der Waals surface area contributed by atoms with Gasteiger partial charge in [0, 0.05) is 20.1 Å². The van der Waals surface area contributed by atoms with Gasteiger partial charge >= 0.3 is 12.1 Å². The molecule has 0 aromatic heterocycles. The van der Waals surface area contributed by atoms with Gasteiger partial charge in [0.15, 0.2) is 0 Å². The zero-order chi connectivity index (χ0) is 16.8. The molecule has 0 saturated carbocycles. The Balaban J connectivity index is 1.97. The average molecular weight is 320 g/mol. The second-order valence-corrected chi connectivity index (χ2v) is 5.44. The number of amides is 2. The minimum atomic E-state index is -1.13. The number of carboxylic acid groups (broad SMARTS) is 1. The maximum Gasteiger partial charge on any atom is 0.410 e. The monoisotopic (exact) mass is 320 g/mol. The van der Waals surface area contributed by atoms with Crippen LogP contribution in [0.25, 0.3) is 0 Å². The summed E-state index contributed by atoms with van der Waals surface area (Å²) in [5.41, 5.74) is 0.818. The van der Waals surface area contributed by atoms with Crippen molar-refractivity contribution in [3.05, 3.63) is 35.9 Å². The molecule has 2 rings (SSSR count). The van der Waals surface area contributed by atoms with Crippen molar-refractivity contribution >= 4 is 18.0 Å². The fourth-order valence-corrected chi connectivity index (χ4v) is 2.25. The van der Waals surface area contributed by atoms with E-state index in [0.717, 1.165) is 16.9 Å². The van der Waals surface area contributed by atoms with Crippen LogP contribution in [0.5, 0.6) is 0 Å². The summed E-state index contributed by atoms with van der Waals surface area (Å²) in [7, 11) is 1.39. The van der Waals surface area contributed by atoms with Crippen LogP contribution in [-0.4, -0.2) is 59.1 Å². The third-order valence-electron chi connectivity index (χ3n) is 3.78. The molecule has 1 saturated heterocycles. The standard InChI is InChI=1S/C16H20N2O5/c1-17(16(22)23-11-12-6-3-2-4-7-12)13(10-14(19)20)15(21)18-8-5-9-18/h2-4,6-7,13H,5,8-11H2,1H3,(H,19,20). The molecule has 1 fully saturated rings. The number of carbonyl (C=O) groups is 3. The number of hydrogen-bond donors (Lipinski definition) is 1. The Morgan fingerprint density at radius 1 is 1.26 bits per heavy atom. The van der Waals surface area contributed by atoms with Crippen molar-refractivity contribution in [2.24, 2.45) is 0 Å². The molecule has 7 nitrogen and oxygen atoms in total. The quantitative estimate of drug-likeness (QED) is 0.854. The van der Waals surface area contributed by atoms with E-state index in [2.05, 4.69) is 0 Å². The van der Waals surface area contributed by atoms with Crippen LogP contribution in [0.15, 0.2) is 30.3 Å². The predicted molar refractivity (Wildman–Crippen MR) is 81.6 cm³/mol. The van der Waals surface area contributed by atoms with E-state index in [9.17, 15) is 14.4 Å². The fourth-order valence-electron chi connectivity index (χ4n) is 2.25. The molecule has 0 bridgehead atoms. The number of likely N-dealkylation sites (tertiary alicyclic amines) is 1. The molecular formula is C16H20N2O5. The number of ether oxygens (including phenoxy) is 1. The molecule has 23 heavy (non-hydrogen) atoms. The topological polar surface area (TPSA) is 87.1 Å². The summed E-state index contributed by atoms with van der Waals surface area (Å²) in [4.78, 5) is 38.0. The number of likely N-dealkylation sites (N-methyl/N-ethyl adjacent to an activating group) is 1. The van der Waals surface area contributed by atoms with E-state index in [4.69, 9.17) is 9.84 Å². The third-order valence-corrected chi connectivity index (χ3v) is 3.78. The van der Waals surface area contributed by atoms with Crippen molar-refractivity contribution in [1.29, 1.82) is 0 Å². The molecule has 1 aromatic rings. The molecule has 1 unspecified atom stereocenters. The summed E-state index contributed by atoms with van der Waals surface area (Å²) in [6, 6.07) is 8.09. The van der Waals surface area contributed by atoms with Crippen LogP contribution in [0.2, 0.25) is 0 Å². The van der Waals surface area contributed by atoms with Crippen LogP contribution >= 0.6 is 0 Å². The van der Waals surface area contributed by atoms with Crippen LogP contribution in [-0.2, 0) is 20.9 Å². The van der Waals surface area contributed by atoms with Gasteiger partial charge in [0.05, 0.1) is 6.42 Å². The smallest absolute Gasteiger partial charge is 0.410 e. The van der Waals surface area contributed by atoms with Crippen molar-refractivity contribution in [2.75, 3.05) is 20.1 Å². The van der Waals surface area contributed by atoms with E-state index in [-0.39, 0.29) is 12.5 Å². The summed E-state index contributed by atoms with van der Waals surface area (Å²) in [5.74, 6) is -1.48. The largest absolute Gasteiger partial charge is 0.481 e. The number of nitrogens with zero attached hydrogens (tertiary/aromatic N) is 2. The first-order chi connectivity index (χ1) is 11.0. The average Bonchev–Trinajstić information content (AvgIpc) is 2.48. The van der Waals surface area contributed by atoms with Gasteiger partial charge in [0.25, 0.3) is 0 Å². The fraction of sp³-hybridized carbons (Fsp3) is 0.438. The van der Waals surface area contributed by atoms with Gasteiger partial charge in [-0.2, -0.15) is 0 Å². The van der Waals surface area contributed by atoms with E-state index in [1.165, 1.54) is 7.05 Å². The number of benzene rings is 1. The van der Waals surface area contributed by atoms with Gasteiger partial charge in [-0.05, 0) is 12.0 Å². The zero-order valence-electron chi connectivity index (χ0n) is 13.0. The summed E-state index contributed by atoms with van der Waals surface area (Å²) in [6.45, 7) is 1.27.